The van der Waals surface area contributed by atoms with E-state index >= 15 is 0 Å². The van der Waals surface area contributed by atoms with Crippen molar-refractivity contribution < 1.29 is 14.3 Å². The van der Waals surface area contributed by atoms with Gasteiger partial charge in [0, 0.05) is 32.9 Å². The van der Waals surface area contributed by atoms with Crippen LogP contribution in [0.25, 0.3) is 0 Å². The second-order valence-electron chi connectivity index (χ2n) is 9.29. The molecule has 7 heteroatoms. The van der Waals surface area contributed by atoms with Crippen molar-refractivity contribution in [2.45, 2.75) is 45.1 Å². The highest BCUT2D eigenvalue weighted by Crippen LogP contribution is 2.23. The molecule has 2 heterocycles. The largest absolute Gasteiger partial charge is 0.491 e. The fraction of sp³-hybridized carbons (Fsp3) is 0.414. The van der Waals surface area contributed by atoms with Crippen molar-refractivity contribution in [1.82, 2.24) is 19.6 Å². The Morgan fingerprint density at radius 2 is 1.69 bits per heavy atom. The lowest BCUT2D eigenvalue weighted by Crippen LogP contribution is -2.46. The van der Waals surface area contributed by atoms with Gasteiger partial charge in [0.15, 0.2) is 0 Å². The number of carbonyl (C=O) groups excluding carboxylic acids is 2. The van der Waals surface area contributed by atoms with E-state index in [4.69, 9.17) is 4.74 Å². The number of hydrogen-bond acceptors (Lipinski definition) is 4. The highest BCUT2D eigenvalue weighted by molar-refractivity contribution is 5.97. The molecule has 0 bridgehead atoms. The number of benzene rings is 2. The third-order valence-electron chi connectivity index (χ3n) is 6.85. The van der Waals surface area contributed by atoms with Crippen LogP contribution in [-0.2, 0) is 13.5 Å². The maximum absolute atomic E-state index is 13.8. The Kier molecular flexibility index (Phi) is 8.76. The Morgan fingerprint density at radius 3 is 2.42 bits per heavy atom. The van der Waals surface area contributed by atoms with E-state index in [-0.39, 0.29) is 24.5 Å². The van der Waals surface area contributed by atoms with Crippen LogP contribution >= 0.6 is 0 Å². The number of carbonyl (C=O) groups is 2. The lowest BCUT2D eigenvalue weighted by molar-refractivity contribution is 0.0587. The second kappa shape index (κ2) is 12.4. The highest BCUT2D eigenvalue weighted by Gasteiger charge is 2.28. The third-order valence-corrected chi connectivity index (χ3v) is 6.85. The van der Waals surface area contributed by atoms with Gasteiger partial charge < -0.3 is 14.5 Å². The molecule has 0 N–H and O–H groups in total. The first-order chi connectivity index (χ1) is 17.6. The average molecular weight is 489 g/mol. The molecule has 0 saturated heterocycles. The predicted octanol–water partition coefficient (Wildman–Crippen LogP) is 4.59. The van der Waals surface area contributed by atoms with Gasteiger partial charge in [-0.25, -0.2) is 0 Å². The van der Waals surface area contributed by atoms with E-state index in [1.165, 1.54) is 0 Å². The molecule has 0 radical (unpaired) electrons. The van der Waals surface area contributed by atoms with E-state index in [2.05, 4.69) is 17.2 Å². The first kappa shape index (κ1) is 25.5. The molecule has 0 saturated carbocycles. The Labute approximate surface area is 213 Å². The summed E-state index contributed by atoms with van der Waals surface area (Å²) in [5.41, 5.74) is 2.26. The SMILES string of the molecule is CCN1CCCCCCN(C(=O)c2ccnn2C)[C@@H](Cc2ccccc2)COc2ccccc2C1=O. The normalized spacial score (nSPS) is 17.7. The van der Waals surface area contributed by atoms with Gasteiger partial charge >= 0.3 is 0 Å². The molecule has 1 aliphatic rings. The smallest absolute Gasteiger partial charge is 0.272 e. The molecule has 1 aliphatic heterocycles. The van der Waals surface area contributed by atoms with E-state index in [9.17, 15) is 9.59 Å². The average Bonchev–Trinajstić information content (AvgIpc) is 3.34. The van der Waals surface area contributed by atoms with E-state index < -0.39 is 0 Å². The van der Waals surface area contributed by atoms with Crippen molar-refractivity contribution >= 4 is 11.8 Å². The monoisotopic (exact) mass is 488 g/mol. The van der Waals surface area contributed by atoms with E-state index in [1.54, 1.807) is 24.0 Å². The number of para-hydroxylation sites is 1. The number of aromatic nitrogens is 2. The molecule has 190 valence electrons. The van der Waals surface area contributed by atoms with Crippen LogP contribution in [0.1, 0.15) is 59.0 Å². The molecule has 7 nitrogen and oxygen atoms in total. The van der Waals surface area contributed by atoms with Crippen molar-refractivity contribution in [3.8, 4) is 5.75 Å². The van der Waals surface area contributed by atoms with Crippen molar-refractivity contribution in [2.24, 2.45) is 7.05 Å². The lowest BCUT2D eigenvalue weighted by atomic mass is 10.0. The first-order valence-corrected chi connectivity index (χ1v) is 12.9. The topological polar surface area (TPSA) is 67.7 Å². The summed E-state index contributed by atoms with van der Waals surface area (Å²) in [5, 5.41) is 4.22. The molecule has 4 rings (SSSR count). The summed E-state index contributed by atoms with van der Waals surface area (Å²) in [6.07, 6.45) is 6.15. The maximum atomic E-state index is 13.8. The fourth-order valence-electron chi connectivity index (χ4n) is 4.79. The van der Waals surface area contributed by atoms with E-state index in [0.29, 0.717) is 36.5 Å². The number of rotatable bonds is 4. The zero-order chi connectivity index (χ0) is 25.3. The van der Waals surface area contributed by atoms with Gasteiger partial charge in [-0.15, -0.1) is 0 Å². The van der Waals surface area contributed by atoms with Crippen molar-refractivity contribution in [3.05, 3.63) is 83.7 Å². The Balaban J connectivity index is 1.68. The Bertz CT molecular complexity index is 1140. The molecule has 0 fully saturated rings. The number of hydrogen-bond donors (Lipinski definition) is 0. The molecule has 0 aliphatic carbocycles. The van der Waals surface area contributed by atoms with Gasteiger partial charge in [0.05, 0.1) is 11.6 Å². The molecule has 1 atom stereocenters. The lowest BCUT2D eigenvalue weighted by Gasteiger charge is -2.33. The standard InChI is InChI=1S/C29H36N4O3/c1-3-32-19-11-4-5-12-20-33(29(35)26-17-18-30-31(26)2)24(21-23-13-7-6-8-14-23)22-36-27-16-10-9-15-25(27)28(32)34/h6-10,13-18,24H,3-5,11-12,19-22H2,1-2H3/t24-/m0/s1. The van der Waals surface area contributed by atoms with Crippen LogP contribution in [0, 0.1) is 0 Å². The van der Waals surface area contributed by atoms with Crippen LogP contribution in [0.4, 0.5) is 0 Å². The summed E-state index contributed by atoms with van der Waals surface area (Å²) >= 11 is 0. The summed E-state index contributed by atoms with van der Waals surface area (Å²) in [7, 11) is 1.79. The molecule has 1 aromatic heterocycles. The van der Waals surface area contributed by atoms with Gasteiger partial charge in [0.2, 0.25) is 0 Å². The maximum Gasteiger partial charge on any atom is 0.272 e. The zero-order valence-corrected chi connectivity index (χ0v) is 21.3. The minimum atomic E-state index is -0.205. The fourth-order valence-corrected chi connectivity index (χ4v) is 4.79. The molecular formula is C29H36N4O3. The highest BCUT2D eigenvalue weighted by atomic mass is 16.5. The minimum absolute atomic E-state index is 0.00686. The molecule has 0 spiro atoms. The number of fused-ring (bicyclic) bond motifs is 1. The van der Waals surface area contributed by atoms with Gasteiger partial charge in [0.1, 0.15) is 18.1 Å². The third kappa shape index (κ3) is 6.14. The van der Waals surface area contributed by atoms with Crippen molar-refractivity contribution in [3.63, 3.8) is 0 Å². The van der Waals surface area contributed by atoms with Crippen LogP contribution in [0.3, 0.4) is 0 Å². The summed E-state index contributed by atoms with van der Waals surface area (Å²) in [5.74, 6) is 0.504. The second-order valence-corrected chi connectivity index (χ2v) is 9.29. The number of ether oxygens (including phenoxy) is 1. The molecule has 3 aromatic rings. The van der Waals surface area contributed by atoms with Crippen LogP contribution in [0.5, 0.6) is 5.75 Å². The number of aryl methyl sites for hydroxylation is 1. The summed E-state index contributed by atoms with van der Waals surface area (Å²) < 4.78 is 7.97. The summed E-state index contributed by atoms with van der Waals surface area (Å²) in [6, 6.07) is 19.2. The van der Waals surface area contributed by atoms with Gasteiger partial charge in [-0.05, 0) is 49.9 Å². The predicted molar refractivity (Wildman–Crippen MR) is 140 cm³/mol. The zero-order valence-electron chi connectivity index (χ0n) is 21.3. The Morgan fingerprint density at radius 1 is 0.972 bits per heavy atom. The van der Waals surface area contributed by atoms with E-state index in [0.717, 1.165) is 37.8 Å². The number of nitrogens with zero attached hydrogens (tertiary/aromatic N) is 4. The molecule has 2 aromatic carbocycles. The molecule has 36 heavy (non-hydrogen) atoms. The molecule has 2 amide bonds. The summed E-state index contributed by atoms with van der Waals surface area (Å²) in [6.45, 7) is 4.33. The molecular weight excluding hydrogens is 452 g/mol. The molecule has 0 unspecified atom stereocenters. The minimum Gasteiger partial charge on any atom is -0.491 e. The van der Waals surface area contributed by atoms with Gasteiger partial charge in [-0.2, -0.15) is 5.10 Å². The van der Waals surface area contributed by atoms with Crippen molar-refractivity contribution in [1.29, 1.82) is 0 Å². The van der Waals surface area contributed by atoms with Crippen LogP contribution in [-0.4, -0.2) is 63.7 Å². The van der Waals surface area contributed by atoms with Gasteiger partial charge in [-0.3, -0.25) is 14.3 Å². The van der Waals surface area contributed by atoms with Crippen LogP contribution in [0.2, 0.25) is 0 Å². The van der Waals surface area contributed by atoms with Crippen LogP contribution in [0.15, 0.2) is 66.9 Å². The van der Waals surface area contributed by atoms with Crippen LogP contribution < -0.4 is 4.74 Å². The first-order valence-electron chi connectivity index (χ1n) is 12.9. The summed E-state index contributed by atoms with van der Waals surface area (Å²) in [4.78, 5) is 30.9. The van der Waals surface area contributed by atoms with Gasteiger partial charge in [0.25, 0.3) is 11.8 Å². The van der Waals surface area contributed by atoms with Crippen molar-refractivity contribution in [2.75, 3.05) is 26.2 Å². The number of amides is 2. The quantitative estimate of drug-likeness (QED) is 0.539. The van der Waals surface area contributed by atoms with Gasteiger partial charge in [-0.1, -0.05) is 55.3 Å². The van der Waals surface area contributed by atoms with E-state index in [1.807, 2.05) is 59.2 Å². The Hall–Kier alpha value is -3.61.